The molecule has 0 saturated carbocycles. The van der Waals surface area contributed by atoms with Crippen LogP contribution in [0.1, 0.15) is 22.8 Å². The van der Waals surface area contributed by atoms with Crippen molar-refractivity contribution in [2.75, 3.05) is 40.0 Å². The van der Waals surface area contributed by atoms with Gasteiger partial charge in [0.25, 0.3) is 5.91 Å². The van der Waals surface area contributed by atoms with E-state index in [9.17, 15) is 13.2 Å². The maximum Gasteiger partial charge on any atom is 0.251 e. The minimum absolute atomic E-state index is 0.125. The molecule has 0 aliphatic carbocycles. The highest BCUT2D eigenvalue weighted by Gasteiger charge is 2.27. The number of nitrogens with one attached hydrogen (secondary N) is 1. The van der Waals surface area contributed by atoms with Crippen molar-refractivity contribution in [2.45, 2.75) is 24.8 Å². The van der Waals surface area contributed by atoms with Gasteiger partial charge in [-0.3, -0.25) is 4.79 Å². The summed E-state index contributed by atoms with van der Waals surface area (Å²) in [6, 6.07) is 4.47. The Morgan fingerprint density at radius 2 is 2.04 bits per heavy atom. The van der Waals surface area contributed by atoms with Gasteiger partial charge in [-0.1, -0.05) is 6.07 Å². The third-order valence-corrected chi connectivity index (χ3v) is 5.75. The molecule has 0 radical (unpaired) electrons. The van der Waals surface area contributed by atoms with E-state index in [2.05, 4.69) is 5.32 Å². The summed E-state index contributed by atoms with van der Waals surface area (Å²) in [6.07, 6.45) is 0. The number of methoxy groups -OCH3 is 1. The third-order valence-electron chi connectivity index (χ3n) is 3.86. The van der Waals surface area contributed by atoms with Gasteiger partial charge in [-0.05, 0) is 31.5 Å². The Kier molecular flexibility index (Phi) is 6.34. The fourth-order valence-electron chi connectivity index (χ4n) is 2.54. The number of carbonyl (C=O) groups is 1. The van der Waals surface area contributed by atoms with E-state index in [-0.39, 0.29) is 16.8 Å². The molecule has 7 nitrogen and oxygen atoms in total. The number of amides is 1. The monoisotopic (exact) mass is 356 g/mol. The number of sulfonamides is 1. The van der Waals surface area contributed by atoms with Crippen LogP contribution >= 0.6 is 0 Å². The quantitative estimate of drug-likeness (QED) is 0.814. The molecule has 1 heterocycles. The lowest BCUT2D eigenvalue weighted by Gasteiger charge is -2.26. The van der Waals surface area contributed by atoms with Crippen molar-refractivity contribution in [2.24, 2.45) is 0 Å². The summed E-state index contributed by atoms with van der Waals surface area (Å²) in [5, 5.41) is 2.80. The predicted octanol–water partition coefficient (Wildman–Crippen LogP) is 0.781. The van der Waals surface area contributed by atoms with Gasteiger partial charge in [0.05, 0.1) is 24.7 Å². The zero-order chi connectivity index (χ0) is 17.7. The Balaban J connectivity index is 2.26. The van der Waals surface area contributed by atoms with E-state index < -0.39 is 10.0 Å². The van der Waals surface area contributed by atoms with Crippen LogP contribution in [0.15, 0.2) is 23.1 Å². The molecule has 1 atom stereocenters. The molecular weight excluding hydrogens is 332 g/mol. The maximum atomic E-state index is 12.7. The van der Waals surface area contributed by atoms with E-state index in [0.717, 1.165) is 5.56 Å². The second kappa shape index (κ2) is 8.06. The molecule has 24 heavy (non-hydrogen) atoms. The summed E-state index contributed by atoms with van der Waals surface area (Å²) in [7, 11) is -2.07. The van der Waals surface area contributed by atoms with Crippen LogP contribution in [-0.4, -0.2) is 64.7 Å². The van der Waals surface area contributed by atoms with Gasteiger partial charge in [-0.2, -0.15) is 4.31 Å². The van der Waals surface area contributed by atoms with Gasteiger partial charge < -0.3 is 14.8 Å². The molecule has 1 aliphatic heterocycles. The molecule has 1 fully saturated rings. The van der Waals surface area contributed by atoms with Crippen LogP contribution in [0.5, 0.6) is 0 Å². The number of ether oxygens (including phenoxy) is 2. The SMILES string of the molecule is COC[C@H](C)NC(=O)c1cc(S(=O)(=O)N2CCOCC2)ccc1C. The minimum Gasteiger partial charge on any atom is -0.383 e. The number of hydrogen-bond acceptors (Lipinski definition) is 5. The maximum absolute atomic E-state index is 12.7. The summed E-state index contributed by atoms with van der Waals surface area (Å²) in [4.78, 5) is 12.5. The van der Waals surface area contributed by atoms with Gasteiger partial charge in [-0.25, -0.2) is 8.42 Å². The van der Waals surface area contributed by atoms with E-state index in [1.807, 2.05) is 6.92 Å². The number of benzene rings is 1. The van der Waals surface area contributed by atoms with Crippen molar-refractivity contribution in [1.82, 2.24) is 9.62 Å². The molecule has 1 N–H and O–H groups in total. The highest BCUT2D eigenvalue weighted by Crippen LogP contribution is 2.20. The lowest BCUT2D eigenvalue weighted by molar-refractivity contribution is 0.0730. The molecule has 0 aromatic heterocycles. The summed E-state index contributed by atoms with van der Waals surface area (Å²) in [5.41, 5.74) is 1.07. The Labute approximate surface area is 143 Å². The Hall–Kier alpha value is -1.48. The van der Waals surface area contributed by atoms with Crippen LogP contribution in [0.25, 0.3) is 0 Å². The summed E-state index contributed by atoms with van der Waals surface area (Å²) >= 11 is 0. The lowest BCUT2D eigenvalue weighted by atomic mass is 10.1. The summed E-state index contributed by atoms with van der Waals surface area (Å²) in [5.74, 6) is -0.309. The van der Waals surface area contributed by atoms with E-state index in [1.54, 1.807) is 20.1 Å². The topological polar surface area (TPSA) is 84.9 Å². The first kappa shape index (κ1) is 18.9. The van der Waals surface area contributed by atoms with E-state index >= 15 is 0 Å². The van der Waals surface area contributed by atoms with Crippen LogP contribution in [0.3, 0.4) is 0 Å². The van der Waals surface area contributed by atoms with Gasteiger partial charge in [-0.15, -0.1) is 0 Å². The number of morpholine rings is 1. The van der Waals surface area contributed by atoms with Crippen molar-refractivity contribution in [3.63, 3.8) is 0 Å². The molecule has 1 amide bonds. The molecule has 1 aliphatic rings. The van der Waals surface area contributed by atoms with Crippen molar-refractivity contribution < 1.29 is 22.7 Å². The molecule has 1 aromatic rings. The second-order valence-electron chi connectivity index (χ2n) is 5.82. The van der Waals surface area contributed by atoms with Gasteiger partial charge in [0.15, 0.2) is 0 Å². The number of hydrogen-bond donors (Lipinski definition) is 1. The Bertz CT molecular complexity index is 684. The van der Waals surface area contributed by atoms with Crippen molar-refractivity contribution in [3.8, 4) is 0 Å². The van der Waals surface area contributed by atoms with Crippen LogP contribution < -0.4 is 5.32 Å². The minimum atomic E-state index is -3.62. The van der Waals surface area contributed by atoms with Crippen LogP contribution in [-0.2, 0) is 19.5 Å². The third kappa shape index (κ3) is 4.32. The smallest absolute Gasteiger partial charge is 0.251 e. The fourth-order valence-corrected chi connectivity index (χ4v) is 3.97. The fraction of sp³-hybridized carbons (Fsp3) is 0.562. The first-order chi connectivity index (χ1) is 11.4. The average Bonchev–Trinajstić information content (AvgIpc) is 2.56. The molecule has 0 bridgehead atoms. The van der Waals surface area contributed by atoms with Crippen LogP contribution in [0, 0.1) is 6.92 Å². The molecule has 1 saturated heterocycles. The molecule has 2 rings (SSSR count). The van der Waals surface area contributed by atoms with Crippen molar-refractivity contribution in [1.29, 1.82) is 0 Å². The van der Waals surface area contributed by atoms with Gasteiger partial charge in [0, 0.05) is 31.8 Å². The summed E-state index contributed by atoms with van der Waals surface area (Å²) < 4.78 is 37.0. The van der Waals surface area contributed by atoms with Crippen LogP contribution in [0.4, 0.5) is 0 Å². The standard InChI is InChI=1S/C16H24N2O5S/c1-12-4-5-14(24(20,21)18-6-8-23-9-7-18)10-15(12)16(19)17-13(2)11-22-3/h4-5,10,13H,6-9,11H2,1-3H3,(H,17,19)/t13-/m0/s1. The van der Waals surface area contributed by atoms with E-state index in [4.69, 9.17) is 9.47 Å². The Morgan fingerprint density at radius 3 is 2.67 bits per heavy atom. The number of rotatable bonds is 6. The van der Waals surface area contributed by atoms with Crippen molar-refractivity contribution >= 4 is 15.9 Å². The largest absolute Gasteiger partial charge is 0.383 e. The van der Waals surface area contributed by atoms with E-state index in [0.29, 0.717) is 38.5 Å². The normalized spacial score (nSPS) is 17.5. The number of carbonyl (C=O) groups excluding carboxylic acids is 1. The number of aryl methyl sites for hydroxylation is 1. The zero-order valence-corrected chi connectivity index (χ0v) is 15.1. The zero-order valence-electron chi connectivity index (χ0n) is 14.2. The lowest BCUT2D eigenvalue weighted by Crippen LogP contribution is -2.40. The van der Waals surface area contributed by atoms with Crippen molar-refractivity contribution in [3.05, 3.63) is 29.3 Å². The highest BCUT2D eigenvalue weighted by atomic mass is 32.2. The Morgan fingerprint density at radius 1 is 1.38 bits per heavy atom. The first-order valence-electron chi connectivity index (χ1n) is 7.84. The number of nitrogens with zero attached hydrogens (tertiary/aromatic N) is 1. The second-order valence-corrected chi connectivity index (χ2v) is 7.76. The molecule has 0 unspecified atom stereocenters. The molecule has 0 spiro atoms. The average molecular weight is 356 g/mol. The molecule has 8 heteroatoms. The van der Waals surface area contributed by atoms with Gasteiger partial charge >= 0.3 is 0 Å². The van der Waals surface area contributed by atoms with E-state index in [1.165, 1.54) is 16.4 Å². The molecule has 1 aromatic carbocycles. The van der Waals surface area contributed by atoms with Gasteiger partial charge in [0.1, 0.15) is 0 Å². The first-order valence-corrected chi connectivity index (χ1v) is 9.28. The summed E-state index contributed by atoms with van der Waals surface area (Å²) in [6.45, 7) is 5.40. The predicted molar refractivity (Wildman–Crippen MR) is 89.6 cm³/mol. The highest BCUT2D eigenvalue weighted by molar-refractivity contribution is 7.89. The van der Waals surface area contributed by atoms with Crippen LogP contribution in [0.2, 0.25) is 0 Å². The van der Waals surface area contributed by atoms with Gasteiger partial charge in [0.2, 0.25) is 10.0 Å². The molecule has 134 valence electrons. The molecular formula is C16H24N2O5S.